The van der Waals surface area contributed by atoms with Gasteiger partial charge in [-0.1, -0.05) is 12.1 Å². The molecule has 0 atom stereocenters. The lowest BCUT2D eigenvalue weighted by atomic mass is 10.0. The summed E-state index contributed by atoms with van der Waals surface area (Å²) in [6.45, 7) is 1.92. The lowest BCUT2D eigenvalue weighted by molar-refractivity contribution is 0.515. The molecule has 2 aromatic heterocycles. The number of H-pyrrole nitrogens is 2. The monoisotopic (exact) mass is 258 g/mol. The number of benzene rings is 1. The third-order valence-electron chi connectivity index (χ3n) is 2.88. The Morgan fingerprint density at radius 2 is 1.58 bits per heavy atom. The zero-order chi connectivity index (χ0) is 13.4. The Kier molecular flexibility index (Phi) is 2.49. The highest BCUT2D eigenvalue weighted by Gasteiger charge is 2.09. The van der Waals surface area contributed by atoms with Gasteiger partial charge in [-0.2, -0.15) is 0 Å². The molecule has 0 aliphatic heterocycles. The number of oxazole rings is 2. The van der Waals surface area contributed by atoms with Crippen LogP contribution < -0.4 is 11.5 Å². The highest BCUT2D eigenvalue weighted by atomic mass is 16.4. The van der Waals surface area contributed by atoms with E-state index < -0.39 is 11.5 Å². The summed E-state index contributed by atoms with van der Waals surface area (Å²) in [4.78, 5) is 27.2. The Hall–Kier alpha value is -2.76. The van der Waals surface area contributed by atoms with E-state index in [1.54, 1.807) is 0 Å². The smallest absolute Gasteiger partial charge is 0.416 e. The van der Waals surface area contributed by atoms with Crippen molar-refractivity contribution < 1.29 is 8.83 Å². The van der Waals surface area contributed by atoms with Crippen LogP contribution in [-0.2, 0) is 0 Å². The molecule has 1 aromatic carbocycles. The number of aryl methyl sites for hydroxylation is 1. The van der Waals surface area contributed by atoms with Crippen molar-refractivity contribution in [2.24, 2.45) is 0 Å². The van der Waals surface area contributed by atoms with E-state index in [4.69, 9.17) is 8.83 Å². The fourth-order valence-corrected chi connectivity index (χ4v) is 1.91. The molecule has 6 nitrogen and oxygen atoms in total. The van der Waals surface area contributed by atoms with E-state index >= 15 is 0 Å². The zero-order valence-corrected chi connectivity index (χ0v) is 10.0. The van der Waals surface area contributed by atoms with Crippen molar-refractivity contribution in [3.05, 3.63) is 57.4 Å². The van der Waals surface area contributed by atoms with Crippen molar-refractivity contribution in [3.63, 3.8) is 0 Å². The molecule has 6 heteroatoms. The summed E-state index contributed by atoms with van der Waals surface area (Å²) in [5.74, 6) is -1.01. The van der Waals surface area contributed by atoms with Crippen LogP contribution >= 0.6 is 0 Å². The van der Waals surface area contributed by atoms with Crippen molar-refractivity contribution in [3.8, 4) is 22.5 Å². The summed E-state index contributed by atoms with van der Waals surface area (Å²) < 4.78 is 9.45. The summed E-state index contributed by atoms with van der Waals surface area (Å²) in [6, 6.07) is 5.59. The molecule has 0 saturated heterocycles. The van der Waals surface area contributed by atoms with E-state index in [-0.39, 0.29) is 0 Å². The van der Waals surface area contributed by atoms with Gasteiger partial charge in [-0.25, -0.2) is 9.59 Å². The van der Waals surface area contributed by atoms with Crippen molar-refractivity contribution >= 4 is 0 Å². The maximum Gasteiger partial charge on any atom is 0.416 e. The molecule has 0 bridgehead atoms. The van der Waals surface area contributed by atoms with Crippen molar-refractivity contribution in [1.82, 2.24) is 9.97 Å². The number of rotatable bonds is 2. The summed E-state index contributed by atoms with van der Waals surface area (Å²) in [7, 11) is 0. The first-order valence-corrected chi connectivity index (χ1v) is 5.60. The minimum Gasteiger partial charge on any atom is -0.416 e. The molecule has 0 radical (unpaired) electrons. The van der Waals surface area contributed by atoms with Crippen LogP contribution in [-0.4, -0.2) is 9.97 Å². The predicted octanol–water partition coefficient (Wildman–Crippen LogP) is 1.89. The summed E-state index contributed by atoms with van der Waals surface area (Å²) in [6.07, 6.45) is 2.72. The van der Waals surface area contributed by atoms with Gasteiger partial charge in [0.05, 0.1) is 11.4 Å². The summed E-state index contributed by atoms with van der Waals surface area (Å²) in [5, 5.41) is 0. The molecule has 0 aliphatic rings. The number of aromatic nitrogens is 2. The van der Waals surface area contributed by atoms with E-state index in [1.807, 2.05) is 25.1 Å². The summed E-state index contributed by atoms with van der Waals surface area (Å²) >= 11 is 0. The van der Waals surface area contributed by atoms with Gasteiger partial charge in [0.25, 0.3) is 0 Å². The minimum absolute atomic E-state index is 0.503. The molecule has 0 unspecified atom stereocenters. The van der Waals surface area contributed by atoms with E-state index in [1.165, 1.54) is 12.5 Å². The Balaban J connectivity index is 2.15. The van der Waals surface area contributed by atoms with E-state index in [0.29, 0.717) is 11.4 Å². The van der Waals surface area contributed by atoms with Gasteiger partial charge in [0.15, 0.2) is 0 Å². The third kappa shape index (κ3) is 2.03. The first kappa shape index (κ1) is 11.3. The van der Waals surface area contributed by atoms with Gasteiger partial charge < -0.3 is 8.83 Å². The maximum atomic E-state index is 11.0. The Morgan fingerprint density at radius 3 is 2.16 bits per heavy atom. The molecule has 0 spiro atoms. The quantitative estimate of drug-likeness (QED) is 0.734. The largest absolute Gasteiger partial charge is 0.416 e. The third-order valence-corrected chi connectivity index (χ3v) is 2.88. The fourth-order valence-electron chi connectivity index (χ4n) is 1.91. The molecule has 0 aliphatic carbocycles. The second-order valence-corrected chi connectivity index (χ2v) is 4.15. The predicted molar refractivity (Wildman–Crippen MR) is 67.8 cm³/mol. The van der Waals surface area contributed by atoms with Crippen LogP contribution in [0.15, 0.2) is 49.1 Å². The molecule has 3 aromatic rings. The minimum atomic E-state index is -0.506. The highest BCUT2D eigenvalue weighted by Crippen LogP contribution is 2.26. The molecule has 0 saturated carbocycles. The molecule has 0 fully saturated rings. The molecular weight excluding hydrogens is 248 g/mol. The standard InChI is InChI=1S/C13H10N2O4/c1-7-2-3-8(10-5-18-12(16)14-10)4-9(7)11-6-19-13(17)15-11/h2-6H,1H3,(H,14,16)(H,15,17). The van der Waals surface area contributed by atoms with Crippen LogP contribution in [0.25, 0.3) is 22.5 Å². The number of nitrogens with one attached hydrogen (secondary N) is 2. The second-order valence-electron chi connectivity index (χ2n) is 4.15. The highest BCUT2D eigenvalue weighted by molar-refractivity contribution is 5.71. The lowest BCUT2D eigenvalue weighted by Gasteiger charge is -2.05. The molecule has 2 heterocycles. The first-order chi connectivity index (χ1) is 9.13. The van der Waals surface area contributed by atoms with Gasteiger partial charge in [0.2, 0.25) is 0 Å². The van der Waals surface area contributed by atoms with Crippen LogP contribution in [0.2, 0.25) is 0 Å². The van der Waals surface area contributed by atoms with Crippen LogP contribution in [0.4, 0.5) is 0 Å². The average molecular weight is 258 g/mol. The van der Waals surface area contributed by atoms with Crippen LogP contribution in [0.1, 0.15) is 5.56 Å². The van der Waals surface area contributed by atoms with E-state index in [0.717, 1.165) is 16.7 Å². The fraction of sp³-hybridized carbons (Fsp3) is 0.0769. The average Bonchev–Trinajstić information content (AvgIpc) is 2.99. The SMILES string of the molecule is Cc1ccc(-c2coc(=O)[nH]2)cc1-c1coc(=O)[nH]1. The Bertz CT molecular complexity index is 834. The topological polar surface area (TPSA) is 92.0 Å². The van der Waals surface area contributed by atoms with Crippen molar-refractivity contribution in [1.29, 1.82) is 0 Å². The normalized spacial score (nSPS) is 10.8. The summed E-state index contributed by atoms with van der Waals surface area (Å²) in [5.41, 5.74) is 3.76. The van der Waals surface area contributed by atoms with Gasteiger partial charge in [0.1, 0.15) is 12.5 Å². The van der Waals surface area contributed by atoms with E-state index in [2.05, 4.69) is 9.97 Å². The Labute approximate surface area is 106 Å². The molecular formula is C13H10N2O4. The van der Waals surface area contributed by atoms with Gasteiger partial charge in [-0.15, -0.1) is 0 Å². The second kappa shape index (κ2) is 4.16. The van der Waals surface area contributed by atoms with Gasteiger partial charge >= 0.3 is 11.5 Å². The van der Waals surface area contributed by atoms with Gasteiger partial charge in [-0.05, 0) is 18.6 Å². The van der Waals surface area contributed by atoms with Gasteiger partial charge in [-0.3, -0.25) is 9.97 Å². The van der Waals surface area contributed by atoms with Gasteiger partial charge in [0, 0.05) is 11.1 Å². The van der Waals surface area contributed by atoms with Crippen molar-refractivity contribution in [2.75, 3.05) is 0 Å². The lowest BCUT2D eigenvalue weighted by Crippen LogP contribution is -1.96. The van der Waals surface area contributed by atoms with Crippen LogP contribution in [0, 0.1) is 6.92 Å². The number of hydrogen-bond donors (Lipinski definition) is 2. The van der Waals surface area contributed by atoms with Crippen molar-refractivity contribution in [2.45, 2.75) is 6.92 Å². The van der Waals surface area contributed by atoms with E-state index in [9.17, 15) is 9.59 Å². The molecule has 0 amide bonds. The molecule has 19 heavy (non-hydrogen) atoms. The Morgan fingerprint density at radius 1 is 0.947 bits per heavy atom. The van der Waals surface area contributed by atoms with Crippen LogP contribution in [0.5, 0.6) is 0 Å². The number of hydrogen-bond acceptors (Lipinski definition) is 4. The maximum absolute atomic E-state index is 11.0. The first-order valence-electron chi connectivity index (χ1n) is 5.60. The zero-order valence-electron chi connectivity index (χ0n) is 10.0. The molecule has 96 valence electrons. The molecule has 2 N–H and O–H groups in total. The molecule has 3 rings (SSSR count). The van der Waals surface area contributed by atoms with Crippen LogP contribution in [0.3, 0.4) is 0 Å². The number of aromatic amines is 2.